The van der Waals surface area contributed by atoms with Crippen molar-refractivity contribution in [3.8, 4) is 0 Å². The van der Waals surface area contributed by atoms with Gasteiger partial charge in [-0.1, -0.05) is 0 Å². The summed E-state index contributed by atoms with van der Waals surface area (Å²) in [6, 6.07) is 0. The third-order valence-electron chi connectivity index (χ3n) is 4.58. The van der Waals surface area contributed by atoms with Gasteiger partial charge >= 0.3 is 147 Å². The number of hydrogen-bond acceptors (Lipinski definition) is 4. The summed E-state index contributed by atoms with van der Waals surface area (Å²) in [5, 5.41) is 0. The third-order valence-corrected chi connectivity index (χ3v) is 18.8. The van der Waals surface area contributed by atoms with E-state index in [0.717, 1.165) is 32.7 Å². The van der Waals surface area contributed by atoms with Crippen molar-refractivity contribution in [2.24, 2.45) is 0 Å². The molecular formula is C15H38IN4P. The molecule has 0 saturated carbocycles. The van der Waals surface area contributed by atoms with Gasteiger partial charge in [-0.3, -0.25) is 0 Å². The molecule has 0 radical (unpaired) electrons. The average molecular weight is 432 g/mol. The van der Waals surface area contributed by atoms with Gasteiger partial charge in [0.05, 0.1) is 0 Å². The summed E-state index contributed by atoms with van der Waals surface area (Å²) in [6.45, 7) is 17.0. The summed E-state index contributed by atoms with van der Waals surface area (Å²) in [7, 11) is 6.92. The molecule has 0 aromatic heterocycles. The van der Waals surface area contributed by atoms with Gasteiger partial charge in [0.1, 0.15) is 0 Å². The van der Waals surface area contributed by atoms with Gasteiger partial charge in [-0.25, -0.2) is 0 Å². The maximum atomic E-state index is 2.83. The average Bonchev–Trinajstić information content (AvgIpc) is 2.51. The second-order valence-electron chi connectivity index (χ2n) is 5.71. The number of nitrogens with zero attached hydrogens (tertiary/aromatic N) is 4. The van der Waals surface area contributed by atoms with Crippen LogP contribution in [0.4, 0.5) is 0 Å². The van der Waals surface area contributed by atoms with E-state index in [4.69, 9.17) is 0 Å². The third kappa shape index (κ3) is 3.74. The van der Waals surface area contributed by atoms with Crippen molar-refractivity contribution < 1.29 is 0 Å². The Balaban J connectivity index is 6.22. The van der Waals surface area contributed by atoms with Crippen molar-refractivity contribution in [1.82, 2.24) is 18.7 Å². The van der Waals surface area contributed by atoms with Crippen molar-refractivity contribution in [1.29, 1.82) is 0 Å². The normalized spacial score (nSPS) is 15.2. The van der Waals surface area contributed by atoms with Crippen molar-refractivity contribution in [3.63, 3.8) is 0 Å². The van der Waals surface area contributed by atoms with E-state index in [0.29, 0.717) is 0 Å². The van der Waals surface area contributed by atoms with Crippen LogP contribution in [0.3, 0.4) is 0 Å². The maximum absolute atomic E-state index is 2.83. The zero-order valence-corrected chi connectivity index (χ0v) is 18.6. The Kier molecular flexibility index (Phi) is 9.78. The summed E-state index contributed by atoms with van der Waals surface area (Å²) in [4.78, 5) is -2.48. The molecule has 0 rings (SSSR count). The first-order valence-electron chi connectivity index (χ1n) is 8.43. The first-order chi connectivity index (χ1) is 9.79. The Morgan fingerprint density at radius 3 is 1.14 bits per heavy atom. The van der Waals surface area contributed by atoms with E-state index in [1.165, 1.54) is 12.8 Å². The van der Waals surface area contributed by atoms with Crippen molar-refractivity contribution in [3.05, 3.63) is 0 Å². The van der Waals surface area contributed by atoms with Gasteiger partial charge in [-0.15, -0.1) is 0 Å². The Bertz CT molecular complexity index is 268. The zero-order chi connectivity index (χ0) is 16.7. The predicted octanol–water partition coefficient (Wildman–Crippen LogP) is 4.53. The van der Waals surface area contributed by atoms with Crippen LogP contribution in [0.15, 0.2) is 0 Å². The summed E-state index contributed by atoms with van der Waals surface area (Å²) >= 11 is 2.83. The van der Waals surface area contributed by atoms with Gasteiger partial charge in [0.2, 0.25) is 0 Å². The first kappa shape index (κ1) is 22.0. The summed E-state index contributed by atoms with van der Waals surface area (Å²) in [5.41, 5.74) is 0. The quantitative estimate of drug-likeness (QED) is 0.352. The summed E-state index contributed by atoms with van der Waals surface area (Å²) in [5.74, 6) is 0. The molecule has 0 saturated heterocycles. The molecule has 6 heteroatoms. The number of hydrogen-bond donors (Lipinski definition) is 0. The monoisotopic (exact) mass is 432 g/mol. The second-order valence-corrected chi connectivity index (χ2v) is 15.2. The van der Waals surface area contributed by atoms with Crippen LogP contribution in [0.1, 0.15) is 47.5 Å². The standard InChI is InChI=1S/C15H38IN4P/c1-9-14-20(15-10-2)21(16,17(6)11-3,18(7)12-4)19(8)13-5/h9-15H2,1-8H3. The Morgan fingerprint density at radius 2 is 0.952 bits per heavy atom. The molecule has 0 heterocycles. The minimum absolute atomic E-state index is 1.07. The van der Waals surface area contributed by atoms with E-state index in [1.807, 2.05) is 0 Å². The summed E-state index contributed by atoms with van der Waals surface area (Å²) < 4.78 is 10.6. The van der Waals surface area contributed by atoms with E-state index in [-0.39, 0.29) is 0 Å². The fourth-order valence-corrected chi connectivity index (χ4v) is 12.6. The van der Waals surface area contributed by atoms with Crippen LogP contribution in [0.2, 0.25) is 0 Å². The molecule has 0 aliphatic carbocycles. The Labute approximate surface area is 146 Å². The number of rotatable bonds is 11. The second kappa shape index (κ2) is 9.33. The predicted molar refractivity (Wildman–Crippen MR) is 108 cm³/mol. The molecule has 0 amide bonds. The van der Waals surface area contributed by atoms with Gasteiger partial charge in [-0.05, 0) is 0 Å². The molecule has 0 aromatic carbocycles. The van der Waals surface area contributed by atoms with Gasteiger partial charge in [-0.2, -0.15) is 0 Å². The topological polar surface area (TPSA) is 13.0 Å². The van der Waals surface area contributed by atoms with E-state index in [2.05, 4.69) is 96.5 Å². The van der Waals surface area contributed by atoms with Gasteiger partial charge < -0.3 is 0 Å². The molecule has 0 fully saturated rings. The molecule has 0 aliphatic heterocycles. The van der Waals surface area contributed by atoms with Gasteiger partial charge in [0.25, 0.3) is 0 Å². The van der Waals surface area contributed by atoms with Gasteiger partial charge in [0.15, 0.2) is 0 Å². The molecule has 0 aromatic rings. The molecule has 0 atom stereocenters. The van der Waals surface area contributed by atoms with Crippen LogP contribution in [0.25, 0.3) is 0 Å². The van der Waals surface area contributed by atoms with Crippen LogP contribution in [0.5, 0.6) is 0 Å². The van der Waals surface area contributed by atoms with Crippen molar-refractivity contribution in [2.75, 3.05) is 53.9 Å². The van der Waals surface area contributed by atoms with Crippen LogP contribution < -0.4 is 0 Å². The Hall–Kier alpha value is 1.00. The van der Waals surface area contributed by atoms with Crippen LogP contribution in [-0.2, 0) is 0 Å². The molecule has 130 valence electrons. The molecule has 0 aliphatic rings. The van der Waals surface area contributed by atoms with E-state index >= 15 is 0 Å². The van der Waals surface area contributed by atoms with Crippen molar-refractivity contribution >= 4 is 26.9 Å². The van der Waals surface area contributed by atoms with Crippen molar-refractivity contribution in [2.45, 2.75) is 47.5 Å². The molecule has 21 heavy (non-hydrogen) atoms. The van der Waals surface area contributed by atoms with E-state index < -0.39 is 4.85 Å². The van der Waals surface area contributed by atoms with Crippen LogP contribution in [-0.4, -0.2) is 72.5 Å². The zero-order valence-electron chi connectivity index (χ0n) is 15.6. The van der Waals surface area contributed by atoms with Crippen LogP contribution >= 0.6 is 26.9 Å². The molecule has 0 spiro atoms. The number of halogens is 1. The Morgan fingerprint density at radius 1 is 0.667 bits per heavy atom. The van der Waals surface area contributed by atoms with E-state index in [1.54, 1.807) is 0 Å². The summed E-state index contributed by atoms with van der Waals surface area (Å²) in [6.07, 6.45) is 2.40. The molecule has 0 unspecified atom stereocenters. The fourth-order valence-electron chi connectivity index (χ4n) is 3.13. The SMILES string of the molecule is CCCN(CCC)P(I)(N(C)CC)(N(C)CC)N(C)CC. The molecule has 0 bridgehead atoms. The van der Waals surface area contributed by atoms with Crippen LogP contribution in [0, 0.1) is 0 Å². The fraction of sp³-hybridized carbons (Fsp3) is 1.00. The molecule has 4 nitrogen and oxygen atoms in total. The molecular weight excluding hydrogens is 394 g/mol. The first-order valence-corrected chi connectivity index (χ1v) is 13.3. The van der Waals surface area contributed by atoms with Gasteiger partial charge in [0, 0.05) is 0 Å². The van der Waals surface area contributed by atoms with E-state index in [9.17, 15) is 0 Å². The molecule has 0 N–H and O–H groups in total. The minimum atomic E-state index is -2.48.